The highest BCUT2D eigenvalue weighted by atomic mass is 16.4. The molecule has 2 rings (SSSR count). The second kappa shape index (κ2) is 5.24. The number of anilines is 1. The number of carbonyl (C=O) groups excluding carboxylic acids is 1. The van der Waals surface area contributed by atoms with E-state index in [4.69, 9.17) is 0 Å². The number of hydrogen-bond donors (Lipinski definition) is 1. The average molecular weight is 288 g/mol. The predicted molar refractivity (Wildman–Crippen MR) is 82.3 cm³/mol. The van der Waals surface area contributed by atoms with Gasteiger partial charge >= 0.3 is 6.09 Å². The highest BCUT2D eigenvalue weighted by molar-refractivity contribution is 6.03. The third-order valence-electron chi connectivity index (χ3n) is 3.55. The Morgan fingerprint density at radius 2 is 1.90 bits per heavy atom. The lowest BCUT2D eigenvalue weighted by Crippen LogP contribution is -2.56. The molecule has 1 aromatic carbocycles. The molecule has 1 aromatic rings. The standard InChI is InChI=1S/C16H20N2O3/c1-16(2,3)18(15(20)21)13-10-9-11-7-5-6-8-12(11)17(4)14(13)19/h5-10,13H,1-4H3,(H,20,21)/t13-/m1/s1. The van der Waals surface area contributed by atoms with Crippen molar-refractivity contribution >= 4 is 23.8 Å². The van der Waals surface area contributed by atoms with Gasteiger partial charge in [0.15, 0.2) is 0 Å². The van der Waals surface area contributed by atoms with Gasteiger partial charge in [0.05, 0.1) is 5.69 Å². The molecule has 0 aromatic heterocycles. The zero-order valence-electron chi connectivity index (χ0n) is 12.7. The van der Waals surface area contributed by atoms with Crippen LogP contribution in [0.25, 0.3) is 6.08 Å². The van der Waals surface area contributed by atoms with Crippen LogP contribution in [-0.4, -0.2) is 40.6 Å². The maximum atomic E-state index is 12.7. The molecule has 0 spiro atoms. The molecular weight excluding hydrogens is 268 g/mol. The van der Waals surface area contributed by atoms with Crippen molar-refractivity contribution in [3.63, 3.8) is 0 Å². The van der Waals surface area contributed by atoms with Crippen molar-refractivity contribution in [2.75, 3.05) is 11.9 Å². The Morgan fingerprint density at radius 3 is 2.48 bits per heavy atom. The Hall–Kier alpha value is -2.30. The maximum absolute atomic E-state index is 12.7. The molecular formula is C16H20N2O3. The molecule has 2 amide bonds. The first-order valence-electron chi connectivity index (χ1n) is 6.80. The average Bonchev–Trinajstić information content (AvgIpc) is 2.50. The van der Waals surface area contributed by atoms with Crippen LogP contribution < -0.4 is 4.90 Å². The van der Waals surface area contributed by atoms with E-state index in [2.05, 4.69) is 0 Å². The van der Waals surface area contributed by atoms with Crippen LogP contribution in [0.5, 0.6) is 0 Å². The zero-order chi connectivity index (χ0) is 15.8. The van der Waals surface area contributed by atoms with E-state index in [0.29, 0.717) is 0 Å². The lowest BCUT2D eigenvalue weighted by atomic mass is 10.0. The minimum atomic E-state index is -1.11. The molecule has 1 aliphatic rings. The third kappa shape index (κ3) is 2.77. The monoisotopic (exact) mass is 288 g/mol. The molecule has 5 nitrogen and oxygen atoms in total. The SMILES string of the molecule is CN1C(=O)[C@H](N(C(=O)O)C(C)(C)C)C=Cc2ccccc21. The van der Waals surface area contributed by atoms with E-state index in [1.165, 1.54) is 9.80 Å². The number of carbonyl (C=O) groups is 2. The van der Waals surface area contributed by atoms with Gasteiger partial charge in [-0.3, -0.25) is 9.69 Å². The Bertz CT molecular complexity index is 602. The fourth-order valence-electron chi connectivity index (χ4n) is 2.55. The highest BCUT2D eigenvalue weighted by Crippen LogP contribution is 2.28. The minimum absolute atomic E-state index is 0.256. The number of fused-ring (bicyclic) bond motifs is 1. The van der Waals surface area contributed by atoms with E-state index in [9.17, 15) is 14.7 Å². The van der Waals surface area contributed by atoms with Crippen molar-refractivity contribution in [3.8, 4) is 0 Å². The van der Waals surface area contributed by atoms with Gasteiger partial charge in [-0.15, -0.1) is 0 Å². The molecule has 0 saturated heterocycles. The Kier molecular flexibility index (Phi) is 3.77. The van der Waals surface area contributed by atoms with E-state index in [1.54, 1.807) is 33.9 Å². The molecule has 1 aliphatic heterocycles. The van der Waals surface area contributed by atoms with Gasteiger partial charge in [-0.2, -0.15) is 0 Å². The molecule has 1 N–H and O–H groups in total. The molecule has 0 bridgehead atoms. The van der Waals surface area contributed by atoms with E-state index >= 15 is 0 Å². The Morgan fingerprint density at radius 1 is 1.29 bits per heavy atom. The van der Waals surface area contributed by atoms with Crippen molar-refractivity contribution in [1.82, 2.24) is 4.90 Å². The molecule has 0 unspecified atom stereocenters. The van der Waals surface area contributed by atoms with Gasteiger partial charge in [0, 0.05) is 12.6 Å². The summed E-state index contributed by atoms with van der Waals surface area (Å²) < 4.78 is 0. The smallest absolute Gasteiger partial charge is 0.408 e. The van der Waals surface area contributed by atoms with Crippen LogP contribution >= 0.6 is 0 Å². The topological polar surface area (TPSA) is 60.9 Å². The summed E-state index contributed by atoms with van der Waals surface area (Å²) in [5.41, 5.74) is 1.00. The van der Waals surface area contributed by atoms with Crippen LogP contribution in [0.15, 0.2) is 30.3 Å². The first-order valence-corrected chi connectivity index (χ1v) is 6.80. The van der Waals surface area contributed by atoms with Crippen LogP contribution in [0.1, 0.15) is 26.3 Å². The highest BCUT2D eigenvalue weighted by Gasteiger charge is 2.38. The lowest BCUT2D eigenvalue weighted by Gasteiger charge is -2.38. The van der Waals surface area contributed by atoms with Gasteiger partial charge in [-0.1, -0.05) is 30.4 Å². The van der Waals surface area contributed by atoms with E-state index < -0.39 is 17.7 Å². The van der Waals surface area contributed by atoms with Gasteiger partial charge < -0.3 is 10.0 Å². The quantitative estimate of drug-likeness (QED) is 0.864. The van der Waals surface area contributed by atoms with Gasteiger partial charge in [0.1, 0.15) is 6.04 Å². The number of carboxylic acid groups (broad SMARTS) is 1. The van der Waals surface area contributed by atoms with Crippen molar-refractivity contribution in [2.24, 2.45) is 0 Å². The normalized spacial score (nSPS) is 18.2. The maximum Gasteiger partial charge on any atom is 0.408 e. The van der Waals surface area contributed by atoms with Gasteiger partial charge in [0.25, 0.3) is 5.91 Å². The summed E-state index contributed by atoms with van der Waals surface area (Å²) in [6.07, 6.45) is 2.36. The molecule has 0 saturated carbocycles. The fourth-order valence-corrected chi connectivity index (χ4v) is 2.55. The van der Waals surface area contributed by atoms with Crippen LogP contribution in [0, 0.1) is 0 Å². The van der Waals surface area contributed by atoms with E-state index in [-0.39, 0.29) is 5.91 Å². The summed E-state index contributed by atoms with van der Waals surface area (Å²) in [4.78, 5) is 27.0. The minimum Gasteiger partial charge on any atom is -0.465 e. The predicted octanol–water partition coefficient (Wildman–Crippen LogP) is 2.82. The Balaban J connectivity index is 2.49. The first-order chi connectivity index (χ1) is 9.73. The van der Waals surface area contributed by atoms with Crippen molar-refractivity contribution in [2.45, 2.75) is 32.4 Å². The van der Waals surface area contributed by atoms with E-state index in [1.807, 2.05) is 30.3 Å². The number of amides is 2. The number of likely N-dealkylation sites (N-methyl/N-ethyl adjacent to an activating group) is 1. The lowest BCUT2D eigenvalue weighted by molar-refractivity contribution is -0.122. The number of nitrogens with zero attached hydrogens (tertiary/aromatic N) is 2. The molecule has 21 heavy (non-hydrogen) atoms. The molecule has 112 valence electrons. The summed E-state index contributed by atoms with van der Waals surface area (Å²) in [6.45, 7) is 5.33. The number of rotatable bonds is 1. The summed E-state index contributed by atoms with van der Waals surface area (Å²) in [5.74, 6) is -0.256. The third-order valence-corrected chi connectivity index (χ3v) is 3.55. The van der Waals surface area contributed by atoms with E-state index in [0.717, 1.165) is 11.3 Å². The van der Waals surface area contributed by atoms with Gasteiger partial charge in [-0.25, -0.2) is 4.79 Å². The fraction of sp³-hybridized carbons (Fsp3) is 0.375. The number of hydrogen-bond acceptors (Lipinski definition) is 2. The largest absolute Gasteiger partial charge is 0.465 e. The molecule has 5 heteroatoms. The van der Waals surface area contributed by atoms with Crippen molar-refractivity contribution in [3.05, 3.63) is 35.9 Å². The molecule has 1 heterocycles. The summed E-state index contributed by atoms with van der Waals surface area (Å²) >= 11 is 0. The summed E-state index contributed by atoms with van der Waals surface area (Å²) in [6, 6.07) is 6.66. The number of benzene rings is 1. The van der Waals surface area contributed by atoms with Crippen LogP contribution in [-0.2, 0) is 4.79 Å². The Labute approximate surface area is 124 Å². The van der Waals surface area contributed by atoms with Gasteiger partial charge in [-0.05, 0) is 32.4 Å². The van der Waals surface area contributed by atoms with Crippen LogP contribution in [0.4, 0.5) is 10.5 Å². The first kappa shape index (κ1) is 15.1. The summed E-state index contributed by atoms with van der Waals surface area (Å²) in [5, 5.41) is 9.50. The van der Waals surface area contributed by atoms with Crippen molar-refractivity contribution in [1.29, 1.82) is 0 Å². The molecule has 0 fully saturated rings. The van der Waals surface area contributed by atoms with Crippen LogP contribution in [0.3, 0.4) is 0 Å². The van der Waals surface area contributed by atoms with Crippen molar-refractivity contribution < 1.29 is 14.7 Å². The van der Waals surface area contributed by atoms with Crippen LogP contribution in [0.2, 0.25) is 0 Å². The second-order valence-corrected chi connectivity index (χ2v) is 6.08. The second-order valence-electron chi connectivity index (χ2n) is 6.08. The van der Waals surface area contributed by atoms with Gasteiger partial charge in [0.2, 0.25) is 0 Å². The molecule has 0 radical (unpaired) electrons. The number of para-hydroxylation sites is 1. The zero-order valence-corrected chi connectivity index (χ0v) is 12.7. The molecule has 0 aliphatic carbocycles. The molecule has 1 atom stereocenters. The summed E-state index contributed by atoms with van der Waals surface area (Å²) in [7, 11) is 1.67.